The van der Waals surface area contributed by atoms with Crippen LogP contribution in [0, 0.1) is 0 Å². The lowest BCUT2D eigenvalue weighted by molar-refractivity contribution is 0.101. The summed E-state index contributed by atoms with van der Waals surface area (Å²) in [7, 11) is 0. The first-order valence-corrected chi connectivity index (χ1v) is 9.61. The third-order valence-electron chi connectivity index (χ3n) is 5.83. The van der Waals surface area contributed by atoms with Crippen molar-refractivity contribution in [2.45, 2.75) is 32.6 Å². The number of anilines is 1. The van der Waals surface area contributed by atoms with E-state index in [1.165, 1.54) is 16.8 Å². The monoisotopic (exact) mass is 359 g/mol. The Morgan fingerprint density at radius 3 is 2.52 bits per heavy atom. The van der Waals surface area contributed by atoms with Gasteiger partial charge in [0, 0.05) is 41.4 Å². The van der Waals surface area contributed by atoms with Gasteiger partial charge in [-0.1, -0.05) is 24.3 Å². The number of rotatable bonds is 2. The Morgan fingerprint density at radius 1 is 1.04 bits per heavy atom. The van der Waals surface area contributed by atoms with Crippen LogP contribution in [0.5, 0.6) is 0 Å². The van der Waals surface area contributed by atoms with Gasteiger partial charge in [-0.05, 0) is 55.4 Å². The van der Waals surface area contributed by atoms with Crippen molar-refractivity contribution >= 4 is 22.4 Å². The highest BCUT2D eigenvalue weighted by molar-refractivity contribution is 5.99. The Hall–Kier alpha value is -2.88. The summed E-state index contributed by atoms with van der Waals surface area (Å²) < 4.78 is 5.72. The minimum absolute atomic E-state index is 0.0394. The van der Waals surface area contributed by atoms with Crippen LogP contribution in [0.3, 0.4) is 0 Å². The molecule has 0 amide bonds. The maximum absolute atomic E-state index is 12.4. The average molecular weight is 359 g/mol. The lowest BCUT2D eigenvalue weighted by atomic mass is 9.88. The highest BCUT2D eigenvalue weighted by Gasteiger charge is 2.27. The Labute approximate surface area is 157 Å². The molecule has 4 heteroatoms. The van der Waals surface area contributed by atoms with E-state index in [9.17, 15) is 9.59 Å². The van der Waals surface area contributed by atoms with E-state index in [4.69, 9.17) is 4.42 Å². The van der Waals surface area contributed by atoms with Crippen LogP contribution in [0.15, 0.2) is 45.6 Å². The van der Waals surface area contributed by atoms with Gasteiger partial charge in [0.15, 0.2) is 5.78 Å². The molecule has 2 aromatic carbocycles. The SMILES string of the molecule is CC(=O)c1ccc(-c2cc(=O)oc3c4c5c(cc23)CCCN5CCC4)cc1. The molecule has 0 N–H and O–H groups in total. The summed E-state index contributed by atoms with van der Waals surface area (Å²) in [6.45, 7) is 3.73. The first kappa shape index (κ1) is 16.3. The molecule has 27 heavy (non-hydrogen) atoms. The number of aryl methyl sites for hydroxylation is 2. The normalized spacial score (nSPS) is 15.7. The van der Waals surface area contributed by atoms with E-state index in [2.05, 4.69) is 11.0 Å². The smallest absolute Gasteiger partial charge is 0.336 e. The van der Waals surface area contributed by atoms with Crippen LogP contribution in [0.4, 0.5) is 5.69 Å². The first-order chi connectivity index (χ1) is 13.1. The van der Waals surface area contributed by atoms with Crippen molar-refractivity contribution in [3.8, 4) is 11.1 Å². The summed E-state index contributed by atoms with van der Waals surface area (Å²) in [5.41, 5.74) is 6.76. The minimum atomic E-state index is -0.322. The van der Waals surface area contributed by atoms with Gasteiger partial charge in [0.1, 0.15) is 5.58 Å². The molecule has 0 saturated carbocycles. The van der Waals surface area contributed by atoms with Crippen molar-refractivity contribution in [2.75, 3.05) is 18.0 Å². The highest BCUT2D eigenvalue weighted by atomic mass is 16.4. The van der Waals surface area contributed by atoms with Gasteiger partial charge in [-0.3, -0.25) is 4.79 Å². The summed E-state index contributed by atoms with van der Waals surface area (Å²) in [5, 5.41) is 1.00. The van der Waals surface area contributed by atoms with Crippen molar-refractivity contribution in [3.05, 3.63) is 63.5 Å². The van der Waals surface area contributed by atoms with E-state index in [1.54, 1.807) is 13.0 Å². The van der Waals surface area contributed by atoms with Crippen LogP contribution in [0.25, 0.3) is 22.1 Å². The zero-order valence-corrected chi connectivity index (χ0v) is 15.4. The Kier molecular flexibility index (Phi) is 3.67. The number of ketones is 1. The molecule has 1 aromatic heterocycles. The van der Waals surface area contributed by atoms with Crippen molar-refractivity contribution in [1.82, 2.24) is 0 Å². The first-order valence-electron chi connectivity index (χ1n) is 9.61. The summed E-state index contributed by atoms with van der Waals surface area (Å²) in [6.07, 6.45) is 4.27. The van der Waals surface area contributed by atoms with E-state index in [0.717, 1.165) is 60.9 Å². The van der Waals surface area contributed by atoms with Gasteiger partial charge in [-0.25, -0.2) is 4.79 Å². The number of fused-ring (bicyclic) bond motifs is 2. The predicted molar refractivity (Wildman–Crippen MR) is 107 cm³/mol. The number of carbonyl (C=O) groups excluding carboxylic acids is 1. The van der Waals surface area contributed by atoms with Crippen LogP contribution in [0.2, 0.25) is 0 Å². The Bertz CT molecular complexity index is 1120. The lowest BCUT2D eigenvalue weighted by Gasteiger charge is -2.37. The molecular formula is C23H21NO3. The van der Waals surface area contributed by atoms with Crippen molar-refractivity contribution in [2.24, 2.45) is 0 Å². The molecule has 2 aliphatic heterocycles. The Balaban J connectivity index is 1.79. The van der Waals surface area contributed by atoms with Crippen LogP contribution in [-0.2, 0) is 12.8 Å². The number of hydrogen-bond donors (Lipinski definition) is 0. The van der Waals surface area contributed by atoms with Gasteiger partial charge < -0.3 is 9.32 Å². The molecule has 0 aliphatic carbocycles. The second-order valence-electron chi connectivity index (χ2n) is 7.55. The molecule has 4 nitrogen and oxygen atoms in total. The number of carbonyl (C=O) groups is 1. The fourth-order valence-electron chi connectivity index (χ4n) is 4.60. The largest absolute Gasteiger partial charge is 0.422 e. The molecular weight excluding hydrogens is 338 g/mol. The molecule has 0 atom stereocenters. The zero-order valence-electron chi connectivity index (χ0n) is 15.4. The third kappa shape index (κ3) is 2.59. The van der Waals surface area contributed by atoms with E-state index in [0.29, 0.717) is 5.56 Å². The molecule has 136 valence electrons. The summed E-state index contributed by atoms with van der Waals surface area (Å²) in [4.78, 5) is 26.4. The van der Waals surface area contributed by atoms with Gasteiger partial charge in [0.2, 0.25) is 0 Å². The molecule has 0 fully saturated rings. The molecule has 0 bridgehead atoms. The van der Waals surface area contributed by atoms with E-state index < -0.39 is 0 Å². The predicted octanol–water partition coefficient (Wildman–Crippen LogP) is 4.36. The lowest BCUT2D eigenvalue weighted by Crippen LogP contribution is -2.34. The topological polar surface area (TPSA) is 50.5 Å². The number of nitrogens with zero attached hydrogens (tertiary/aromatic N) is 1. The average Bonchev–Trinajstić information content (AvgIpc) is 2.68. The standard InChI is InChI=1S/C23H21NO3/c1-14(25)15-6-8-16(9-7-15)19-13-21(26)27-23-18-5-3-11-24-10-2-4-17(22(18)24)12-20(19)23/h6-9,12-13H,2-5,10-11H2,1H3. The number of benzene rings is 2. The molecule has 0 radical (unpaired) electrons. The van der Waals surface area contributed by atoms with Crippen molar-refractivity contribution in [3.63, 3.8) is 0 Å². The van der Waals surface area contributed by atoms with E-state index in [-0.39, 0.29) is 11.4 Å². The van der Waals surface area contributed by atoms with Gasteiger partial charge in [0.05, 0.1) is 0 Å². The molecule has 2 aliphatic rings. The molecule has 3 aromatic rings. The Morgan fingerprint density at radius 2 is 1.78 bits per heavy atom. The highest BCUT2D eigenvalue weighted by Crippen LogP contribution is 2.41. The van der Waals surface area contributed by atoms with Crippen molar-refractivity contribution < 1.29 is 9.21 Å². The maximum Gasteiger partial charge on any atom is 0.336 e. The molecule has 3 heterocycles. The number of Topliss-reactive ketones (excluding diaryl/α,β-unsaturated/α-hetero) is 1. The van der Waals surface area contributed by atoms with Crippen LogP contribution >= 0.6 is 0 Å². The van der Waals surface area contributed by atoms with Gasteiger partial charge in [-0.2, -0.15) is 0 Å². The summed E-state index contributed by atoms with van der Waals surface area (Å²) in [6, 6.07) is 11.3. The number of hydrogen-bond acceptors (Lipinski definition) is 4. The molecule has 0 unspecified atom stereocenters. The van der Waals surface area contributed by atoms with E-state index in [1.807, 2.05) is 24.3 Å². The molecule has 0 spiro atoms. The fraction of sp³-hybridized carbons (Fsp3) is 0.304. The van der Waals surface area contributed by atoms with Crippen molar-refractivity contribution in [1.29, 1.82) is 0 Å². The van der Waals surface area contributed by atoms with Gasteiger partial charge in [0.25, 0.3) is 0 Å². The fourth-order valence-corrected chi connectivity index (χ4v) is 4.60. The molecule has 5 rings (SSSR count). The van der Waals surface area contributed by atoms with Crippen LogP contribution in [-0.4, -0.2) is 18.9 Å². The van der Waals surface area contributed by atoms with Gasteiger partial charge >= 0.3 is 5.63 Å². The van der Waals surface area contributed by atoms with Crippen LogP contribution in [0.1, 0.15) is 41.3 Å². The second kappa shape index (κ2) is 6.08. The summed E-state index contributed by atoms with van der Waals surface area (Å²) >= 11 is 0. The van der Waals surface area contributed by atoms with Crippen LogP contribution < -0.4 is 10.5 Å². The van der Waals surface area contributed by atoms with E-state index >= 15 is 0 Å². The minimum Gasteiger partial charge on any atom is -0.422 e. The maximum atomic E-state index is 12.4. The van der Waals surface area contributed by atoms with Gasteiger partial charge in [-0.15, -0.1) is 0 Å². The third-order valence-corrected chi connectivity index (χ3v) is 5.83. The second-order valence-corrected chi connectivity index (χ2v) is 7.55. The quantitative estimate of drug-likeness (QED) is 0.504. The zero-order chi connectivity index (χ0) is 18.5. The summed E-state index contributed by atoms with van der Waals surface area (Å²) in [5.74, 6) is 0.0394. The molecule has 0 saturated heterocycles.